The highest BCUT2D eigenvalue weighted by Crippen LogP contribution is 2.16. The van der Waals surface area contributed by atoms with Crippen LogP contribution in [0.4, 0.5) is 0 Å². The molecule has 0 saturated heterocycles. The Balaban J connectivity index is 2.77. The van der Waals surface area contributed by atoms with Crippen molar-refractivity contribution in [3.63, 3.8) is 0 Å². The summed E-state index contributed by atoms with van der Waals surface area (Å²) in [6, 6.07) is 5.42. The van der Waals surface area contributed by atoms with E-state index in [9.17, 15) is 4.79 Å². The minimum absolute atomic E-state index is 0.207. The summed E-state index contributed by atoms with van der Waals surface area (Å²) in [4.78, 5) is 14.7. The molecular weight excluding hydrogens is 198 g/mol. The van der Waals surface area contributed by atoms with Gasteiger partial charge in [-0.3, -0.25) is 4.79 Å². The van der Waals surface area contributed by atoms with E-state index < -0.39 is 0 Å². The van der Waals surface area contributed by atoms with Crippen molar-refractivity contribution in [3.8, 4) is 6.07 Å². The lowest BCUT2D eigenvalue weighted by molar-refractivity contribution is -0.115. The molecule has 0 aromatic carbocycles. The van der Waals surface area contributed by atoms with Gasteiger partial charge in [0.1, 0.15) is 6.07 Å². The Kier molecular flexibility index (Phi) is 3.48. The molecule has 1 amide bonds. The van der Waals surface area contributed by atoms with Crippen LogP contribution in [0.5, 0.6) is 0 Å². The number of primary amides is 1. The molecule has 4 nitrogen and oxygen atoms in total. The van der Waals surface area contributed by atoms with Gasteiger partial charge in [-0.2, -0.15) is 5.26 Å². The number of nitrogens with zero attached hydrogens (tertiary/aromatic N) is 2. The van der Waals surface area contributed by atoms with Gasteiger partial charge in [-0.1, -0.05) is 11.8 Å². The van der Waals surface area contributed by atoms with Gasteiger partial charge in [0.15, 0.2) is 0 Å². The summed E-state index contributed by atoms with van der Waals surface area (Å²) in [5.41, 5.74) is 6.21. The number of pyridine rings is 1. The largest absolute Gasteiger partial charge is 0.369 e. The fourth-order valence-corrected chi connectivity index (χ4v) is 1.54. The van der Waals surface area contributed by atoms with Crippen molar-refractivity contribution in [2.24, 2.45) is 5.73 Å². The van der Waals surface area contributed by atoms with E-state index in [-0.39, 0.29) is 11.7 Å². The van der Waals surface area contributed by atoms with Gasteiger partial charge in [0.25, 0.3) is 0 Å². The van der Waals surface area contributed by atoms with Crippen LogP contribution in [0.3, 0.4) is 0 Å². The topological polar surface area (TPSA) is 79.8 Å². The van der Waals surface area contributed by atoms with E-state index in [1.54, 1.807) is 19.1 Å². The van der Waals surface area contributed by atoms with Gasteiger partial charge >= 0.3 is 0 Å². The Labute approximate surface area is 86.1 Å². The van der Waals surface area contributed by atoms with Crippen LogP contribution in [0.1, 0.15) is 11.3 Å². The molecule has 0 aliphatic heterocycles. The summed E-state index contributed by atoms with van der Waals surface area (Å²) < 4.78 is 0. The van der Waals surface area contributed by atoms with Crippen molar-refractivity contribution in [2.75, 3.05) is 5.75 Å². The Morgan fingerprint density at radius 3 is 2.93 bits per heavy atom. The average molecular weight is 207 g/mol. The van der Waals surface area contributed by atoms with E-state index in [1.165, 1.54) is 11.8 Å². The molecule has 72 valence electrons. The summed E-state index contributed by atoms with van der Waals surface area (Å²) >= 11 is 1.27. The van der Waals surface area contributed by atoms with Gasteiger partial charge in [-0.15, -0.1) is 0 Å². The summed E-state index contributed by atoms with van der Waals surface area (Å²) in [5, 5.41) is 9.37. The zero-order valence-electron chi connectivity index (χ0n) is 7.65. The van der Waals surface area contributed by atoms with Gasteiger partial charge < -0.3 is 5.73 Å². The number of thioether (sulfide) groups is 1. The van der Waals surface area contributed by atoms with E-state index in [4.69, 9.17) is 11.0 Å². The Hall–Kier alpha value is -1.54. The number of carbonyl (C=O) groups is 1. The average Bonchev–Trinajstić information content (AvgIpc) is 2.15. The number of aromatic nitrogens is 1. The minimum atomic E-state index is -0.376. The first-order chi connectivity index (χ1) is 6.63. The fraction of sp³-hybridized carbons (Fsp3) is 0.222. The summed E-state index contributed by atoms with van der Waals surface area (Å²) in [5.74, 6) is -0.169. The lowest BCUT2D eigenvalue weighted by Crippen LogP contribution is -2.13. The van der Waals surface area contributed by atoms with Crippen molar-refractivity contribution in [2.45, 2.75) is 11.9 Å². The van der Waals surface area contributed by atoms with Gasteiger partial charge in [0.05, 0.1) is 22.0 Å². The third-order valence-corrected chi connectivity index (χ3v) is 2.50. The molecule has 0 spiro atoms. The van der Waals surface area contributed by atoms with E-state index in [2.05, 4.69) is 4.98 Å². The van der Waals surface area contributed by atoms with Crippen molar-refractivity contribution < 1.29 is 4.79 Å². The summed E-state index contributed by atoms with van der Waals surface area (Å²) in [7, 11) is 0. The number of nitriles is 1. The first-order valence-electron chi connectivity index (χ1n) is 3.92. The van der Waals surface area contributed by atoms with E-state index in [0.717, 1.165) is 0 Å². The Bertz CT molecular complexity index is 398. The zero-order chi connectivity index (χ0) is 10.6. The molecule has 0 bridgehead atoms. The number of hydrogen-bond acceptors (Lipinski definition) is 4. The molecule has 5 heteroatoms. The molecule has 0 aliphatic carbocycles. The number of aryl methyl sites for hydroxylation is 1. The van der Waals surface area contributed by atoms with Crippen LogP contribution in [0.15, 0.2) is 17.2 Å². The monoisotopic (exact) mass is 207 g/mol. The second-order valence-electron chi connectivity index (χ2n) is 2.65. The molecular formula is C9H9N3OS. The van der Waals surface area contributed by atoms with Crippen LogP contribution < -0.4 is 5.73 Å². The van der Waals surface area contributed by atoms with Crippen LogP contribution in [0.25, 0.3) is 0 Å². The maximum atomic E-state index is 10.5. The SMILES string of the molecule is Cc1nc(SCC(N)=O)ccc1C#N. The van der Waals surface area contributed by atoms with Gasteiger partial charge in [-0.25, -0.2) is 4.98 Å². The first-order valence-corrected chi connectivity index (χ1v) is 4.91. The standard InChI is InChI=1S/C9H9N3OS/c1-6-7(4-10)2-3-9(12-6)14-5-8(11)13/h2-3H,5H2,1H3,(H2,11,13). The molecule has 14 heavy (non-hydrogen) atoms. The van der Waals surface area contributed by atoms with E-state index in [1.807, 2.05) is 6.07 Å². The van der Waals surface area contributed by atoms with Crippen molar-refractivity contribution >= 4 is 17.7 Å². The third kappa shape index (κ3) is 2.75. The van der Waals surface area contributed by atoms with Crippen molar-refractivity contribution in [1.29, 1.82) is 5.26 Å². The van der Waals surface area contributed by atoms with Crippen molar-refractivity contribution in [3.05, 3.63) is 23.4 Å². The molecule has 1 rings (SSSR count). The quantitative estimate of drug-likeness (QED) is 0.745. The van der Waals surface area contributed by atoms with Crippen LogP contribution in [-0.2, 0) is 4.79 Å². The molecule has 1 aromatic rings. The molecule has 0 aliphatic rings. The molecule has 1 heterocycles. The van der Waals surface area contributed by atoms with Gasteiger partial charge in [0.2, 0.25) is 5.91 Å². The predicted molar refractivity (Wildman–Crippen MR) is 53.6 cm³/mol. The lowest BCUT2D eigenvalue weighted by Gasteiger charge is -2.00. The highest BCUT2D eigenvalue weighted by Gasteiger charge is 2.02. The molecule has 0 unspecified atom stereocenters. The van der Waals surface area contributed by atoms with Crippen molar-refractivity contribution in [1.82, 2.24) is 4.98 Å². The minimum Gasteiger partial charge on any atom is -0.369 e. The number of amides is 1. The second-order valence-corrected chi connectivity index (χ2v) is 3.64. The molecule has 1 aromatic heterocycles. The Morgan fingerprint density at radius 1 is 1.71 bits per heavy atom. The molecule has 0 saturated carbocycles. The Morgan fingerprint density at radius 2 is 2.43 bits per heavy atom. The predicted octanol–water partition coefficient (Wildman–Crippen LogP) is 0.839. The molecule has 0 atom stereocenters. The van der Waals surface area contributed by atoms with Gasteiger partial charge in [0, 0.05) is 0 Å². The maximum Gasteiger partial charge on any atom is 0.227 e. The third-order valence-electron chi connectivity index (χ3n) is 1.54. The fourth-order valence-electron chi connectivity index (χ4n) is 0.882. The number of rotatable bonds is 3. The van der Waals surface area contributed by atoms with E-state index >= 15 is 0 Å². The smallest absolute Gasteiger partial charge is 0.227 e. The molecule has 2 N–H and O–H groups in total. The lowest BCUT2D eigenvalue weighted by atomic mass is 10.2. The number of hydrogen-bond donors (Lipinski definition) is 1. The highest BCUT2D eigenvalue weighted by molar-refractivity contribution is 7.99. The number of carbonyl (C=O) groups excluding carboxylic acids is 1. The first kappa shape index (κ1) is 10.5. The maximum absolute atomic E-state index is 10.5. The van der Waals surface area contributed by atoms with E-state index in [0.29, 0.717) is 16.3 Å². The van der Waals surface area contributed by atoms with Crippen LogP contribution in [-0.4, -0.2) is 16.6 Å². The van der Waals surface area contributed by atoms with Crippen LogP contribution in [0, 0.1) is 18.3 Å². The normalized spacial score (nSPS) is 9.43. The summed E-state index contributed by atoms with van der Waals surface area (Å²) in [6.45, 7) is 1.76. The molecule has 0 radical (unpaired) electrons. The highest BCUT2D eigenvalue weighted by atomic mass is 32.2. The van der Waals surface area contributed by atoms with Gasteiger partial charge in [-0.05, 0) is 19.1 Å². The summed E-state index contributed by atoms with van der Waals surface area (Å²) in [6.07, 6.45) is 0. The van der Waals surface area contributed by atoms with Crippen LogP contribution >= 0.6 is 11.8 Å². The number of nitrogens with two attached hydrogens (primary N) is 1. The molecule has 0 fully saturated rings. The second kappa shape index (κ2) is 4.63. The van der Waals surface area contributed by atoms with Crippen LogP contribution in [0.2, 0.25) is 0 Å². The zero-order valence-corrected chi connectivity index (χ0v) is 8.47.